The number of rotatable bonds is 7. The van der Waals surface area contributed by atoms with E-state index in [1.807, 2.05) is 0 Å². The number of benzene rings is 1. The van der Waals surface area contributed by atoms with Crippen molar-refractivity contribution in [2.24, 2.45) is 0 Å². The van der Waals surface area contributed by atoms with Gasteiger partial charge in [-0.3, -0.25) is 0 Å². The molecule has 138 valence electrons. The van der Waals surface area contributed by atoms with E-state index >= 15 is 0 Å². The van der Waals surface area contributed by atoms with Gasteiger partial charge < -0.3 is 30.7 Å². The molecule has 0 aliphatic carbocycles. The number of aliphatic hydroxyl groups is 1. The van der Waals surface area contributed by atoms with Crippen LogP contribution in [0.5, 0.6) is 17.2 Å². The van der Waals surface area contributed by atoms with Crippen molar-refractivity contribution >= 4 is 22.9 Å². The fourth-order valence-electron chi connectivity index (χ4n) is 2.28. The van der Waals surface area contributed by atoms with E-state index in [1.165, 1.54) is 19.2 Å². The molecule has 0 fully saturated rings. The Morgan fingerprint density at radius 1 is 1.19 bits per heavy atom. The average molecular weight is 361 g/mol. The zero-order valence-electron chi connectivity index (χ0n) is 14.2. The fraction of sp³-hybridized carbons (Fsp3) is 0.333. The van der Waals surface area contributed by atoms with Crippen molar-refractivity contribution in [3.8, 4) is 17.2 Å². The van der Waals surface area contributed by atoms with E-state index in [-0.39, 0.29) is 36.1 Å². The fourth-order valence-corrected chi connectivity index (χ4v) is 2.28. The number of nitrogens with zero attached hydrogens (tertiary/aromatic N) is 4. The lowest BCUT2D eigenvalue weighted by Gasteiger charge is -2.12. The maximum atomic E-state index is 10.1. The van der Waals surface area contributed by atoms with Gasteiger partial charge in [-0.1, -0.05) is 5.21 Å². The monoisotopic (exact) mass is 361 g/mol. The van der Waals surface area contributed by atoms with Crippen molar-refractivity contribution in [1.29, 1.82) is 0 Å². The lowest BCUT2D eigenvalue weighted by Crippen LogP contribution is -2.17. The molecule has 3 aromatic rings. The number of aromatic amines is 1. The molecule has 3 rings (SSSR count). The minimum Gasteiger partial charge on any atom is -0.507 e. The van der Waals surface area contributed by atoms with Crippen molar-refractivity contribution in [3.05, 3.63) is 17.7 Å². The summed E-state index contributed by atoms with van der Waals surface area (Å²) in [5.41, 5.74) is 1.08. The topological polar surface area (TPSA) is 161 Å². The molecule has 0 spiro atoms. The van der Waals surface area contributed by atoms with Crippen LogP contribution >= 0.6 is 0 Å². The number of anilines is 2. The number of hydrogen-bond donors (Lipinski definition) is 6. The standard InChI is InChI=1S/C15H19N7O4/c1-7(23)5-17-15-18-13(12-14(19-15)21-22-20-12)16-6-9-10(24)3-8(26-2)4-11(9)25/h3-4,7,23-25H,5-6H2,1-2H3,(H3,16,17,18,19,20,21,22). The highest BCUT2D eigenvalue weighted by Crippen LogP contribution is 2.33. The number of H-pyrrole nitrogens is 1. The van der Waals surface area contributed by atoms with E-state index in [1.54, 1.807) is 6.92 Å². The van der Waals surface area contributed by atoms with Gasteiger partial charge in [-0.2, -0.15) is 9.97 Å². The molecular weight excluding hydrogens is 342 g/mol. The van der Waals surface area contributed by atoms with Gasteiger partial charge in [0, 0.05) is 25.2 Å². The Kier molecular flexibility index (Phi) is 4.89. The number of ether oxygens (including phenoxy) is 1. The molecule has 11 heteroatoms. The molecule has 0 bridgehead atoms. The normalized spacial score (nSPS) is 12.1. The summed E-state index contributed by atoms with van der Waals surface area (Å²) in [5, 5.41) is 45.7. The van der Waals surface area contributed by atoms with Crippen molar-refractivity contribution in [3.63, 3.8) is 0 Å². The minimum atomic E-state index is -0.571. The molecule has 6 N–H and O–H groups in total. The number of aromatic nitrogens is 5. The lowest BCUT2D eigenvalue weighted by atomic mass is 10.1. The highest BCUT2D eigenvalue weighted by atomic mass is 16.5. The summed E-state index contributed by atoms with van der Waals surface area (Å²) in [6.45, 7) is 1.99. The summed E-state index contributed by atoms with van der Waals surface area (Å²) in [5.74, 6) is 0.732. The van der Waals surface area contributed by atoms with Crippen LogP contribution in [0.1, 0.15) is 12.5 Å². The highest BCUT2D eigenvalue weighted by Gasteiger charge is 2.14. The minimum absolute atomic E-state index is 0.0798. The molecular formula is C15H19N7O4. The van der Waals surface area contributed by atoms with Crippen molar-refractivity contribution < 1.29 is 20.1 Å². The van der Waals surface area contributed by atoms with E-state index < -0.39 is 6.10 Å². The number of phenols is 2. The molecule has 26 heavy (non-hydrogen) atoms. The van der Waals surface area contributed by atoms with Gasteiger partial charge in [0.05, 0.1) is 18.8 Å². The SMILES string of the molecule is COc1cc(O)c(CNc2nc(NCC(C)O)nc3[nH]nnc23)c(O)c1. The number of methoxy groups -OCH3 is 1. The predicted octanol–water partition coefficient (Wildman–Crippen LogP) is 0.572. The number of phenolic OH excluding ortho intramolecular Hbond substituents is 2. The number of nitrogens with one attached hydrogen (secondary N) is 3. The number of aliphatic hydroxyl groups excluding tert-OH is 1. The Labute approximate surface area is 148 Å². The first kappa shape index (κ1) is 17.5. The Balaban J connectivity index is 1.85. The Bertz CT molecular complexity index is 889. The van der Waals surface area contributed by atoms with Gasteiger partial charge in [0.2, 0.25) is 5.95 Å². The first-order valence-corrected chi connectivity index (χ1v) is 7.81. The molecule has 0 radical (unpaired) electrons. The highest BCUT2D eigenvalue weighted by molar-refractivity contribution is 5.83. The first-order valence-electron chi connectivity index (χ1n) is 7.81. The van der Waals surface area contributed by atoms with E-state index in [2.05, 4.69) is 36.0 Å². The first-order chi connectivity index (χ1) is 12.5. The number of hydrogen-bond acceptors (Lipinski definition) is 10. The third-order valence-corrected chi connectivity index (χ3v) is 3.59. The van der Waals surface area contributed by atoms with E-state index in [0.29, 0.717) is 22.7 Å². The summed E-state index contributed by atoms with van der Waals surface area (Å²) in [6.07, 6.45) is -0.571. The van der Waals surface area contributed by atoms with E-state index in [9.17, 15) is 15.3 Å². The predicted molar refractivity (Wildman–Crippen MR) is 93.3 cm³/mol. The lowest BCUT2D eigenvalue weighted by molar-refractivity contribution is 0.208. The third-order valence-electron chi connectivity index (χ3n) is 3.59. The van der Waals surface area contributed by atoms with Crippen LogP contribution in [0.15, 0.2) is 12.1 Å². The van der Waals surface area contributed by atoms with Crippen LogP contribution in [0.2, 0.25) is 0 Å². The molecule has 0 saturated carbocycles. The van der Waals surface area contributed by atoms with Gasteiger partial charge in [0.25, 0.3) is 0 Å². The van der Waals surface area contributed by atoms with Gasteiger partial charge in [-0.25, -0.2) is 5.10 Å². The van der Waals surface area contributed by atoms with Crippen LogP contribution in [-0.2, 0) is 6.54 Å². The zero-order valence-corrected chi connectivity index (χ0v) is 14.2. The Morgan fingerprint density at radius 3 is 2.58 bits per heavy atom. The van der Waals surface area contributed by atoms with Crippen LogP contribution in [0.4, 0.5) is 11.8 Å². The molecule has 2 aromatic heterocycles. The molecule has 0 amide bonds. The summed E-state index contributed by atoms with van der Waals surface area (Å²) in [7, 11) is 1.44. The van der Waals surface area contributed by atoms with Crippen molar-refractivity contribution in [2.75, 3.05) is 24.3 Å². The second-order valence-corrected chi connectivity index (χ2v) is 5.63. The molecule has 1 atom stereocenters. The molecule has 1 unspecified atom stereocenters. The second-order valence-electron chi connectivity index (χ2n) is 5.63. The number of fused-ring (bicyclic) bond motifs is 1. The molecule has 0 aliphatic heterocycles. The quantitative estimate of drug-likeness (QED) is 0.351. The second kappa shape index (κ2) is 7.27. The third kappa shape index (κ3) is 3.67. The van der Waals surface area contributed by atoms with Gasteiger partial charge in [0.1, 0.15) is 17.2 Å². The maximum absolute atomic E-state index is 10.1. The maximum Gasteiger partial charge on any atom is 0.226 e. The average Bonchev–Trinajstić information content (AvgIpc) is 3.07. The molecule has 0 aliphatic rings. The van der Waals surface area contributed by atoms with Crippen LogP contribution in [0.25, 0.3) is 11.2 Å². The van der Waals surface area contributed by atoms with Gasteiger partial charge in [-0.05, 0) is 6.92 Å². The summed E-state index contributed by atoms with van der Waals surface area (Å²) in [4.78, 5) is 8.51. The molecule has 2 heterocycles. The summed E-state index contributed by atoms with van der Waals surface area (Å²) >= 11 is 0. The van der Waals surface area contributed by atoms with E-state index in [4.69, 9.17) is 4.74 Å². The van der Waals surface area contributed by atoms with Crippen molar-refractivity contribution in [2.45, 2.75) is 19.6 Å². The zero-order chi connectivity index (χ0) is 18.7. The number of aromatic hydroxyl groups is 2. The van der Waals surface area contributed by atoms with Crippen molar-refractivity contribution in [1.82, 2.24) is 25.4 Å². The Hall–Kier alpha value is -3.34. The summed E-state index contributed by atoms with van der Waals surface area (Å²) in [6, 6.07) is 2.80. The smallest absolute Gasteiger partial charge is 0.226 e. The van der Waals surface area contributed by atoms with Crippen LogP contribution in [0, 0.1) is 0 Å². The van der Waals surface area contributed by atoms with Crippen LogP contribution in [-0.4, -0.2) is 60.5 Å². The summed E-state index contributed by atoms with van der Waals surface area (Å²) < 4.78 is 4.99. The van der Waals surface area contributed by atoms with Gasteiger partial charge >= 0.3 is 0 Å². The molecule has 11 nitrogen and oxygen atoms in total. The van der Waals surface area contributed by atoms with Crippen LogP contribution < -0.4 is 15.4 Å². The van der Waals surface area contributed by atoms with E-state index in [0.717, 1.165) is 0 Å². The molecule has 1 aromatic carbocycles. The molecule has 0 saturated heterocycles. The Morgan fingerprint density at radius 2 is 1.92 bits per heavy atom. The van der Waals surface area contributed by atoms with Gasteiger partial charge in [0.15, 0.2) is 17.0 Å². The van der Waals surface area contributed by atoms with Gasteiger partial charge in [-0.15, -0.1) is 5.10 Å². The largest absolute Gasteiger partial charge is 0.507 e. The van der Waals surface area contributed by atoms with Crippen LogP contribution in [0.3, 0.4) is 0 Å².